The molecule has 2 rings (SSSR count). The van der Waals surface area contributed by atoms with Crippen molar-refractivity contribution in [3.63, 3.8) is 0 Å². The van der Waals surface area contributed by atoms with E-state index in [0.29, 0.717) is 13.2 Å². The number of imidazole rings is 2. The van der Waals surface area contributed by atoms with Crippen LogP contribution in [0.4, 0.5) is 0 Å². The lowest BCUT2D eigenvalue weighted by molar-refractivity contribution is 0.178. The van der Waals surface area contributed by atoms with Gasteiger partial charge in [-0.3, -0.25) is 0 Å². The number of halogens is 2. The summed E-state index contributed by atoms with van der Waals surface area (Å²) in [5.74, 6) is 1.75. The molecule has 2 N–H and O–H groups in total. The van der Waals surface area contributed by atoms with Gasteiger partial charge >= 0.3 is 0 Å². The number of hydrogen-bond donors (Lipinski definition) is 2. The summed E-state index contributed by atoms with van der Waals surface area (Å²) < 4.78 is 11.8. The molecule has 0 spiro atoms. The molecule has 0 fully saturated rings. The zero-order valence-electron chi connectivity index (χ0n) is 10.0. The molecule has 8 heteroatoms. The van der Waals surface area contributed by atoms with Gasteiger partial charge in [0, 0.05) is 26.6 Å². The minimum Gasteiger partial charge on any atom is -0.377 e. The van der Waals surface area contributed by atoms with Gasteiger partial charge in [0.05, 0.1) is 0 Å². The Labute approximate surface area is 133 Å². The molecule has 0 aliphatic rings. The van der Waals surface area contributed by atoms with E-state index in [1.807, 2.05) is 0 Å². The van der Waals surface area contributed by atoms with E-state index in [1.165, 1.54) is 0 Å². The summed E-state index contributed by atoms with van der Waals surface area (Å²) in [4.78, 5) is 14.1. The Bertz CT molecular complexity index is 425. The lowest BCUT2D eigenvalue weighted by atomic mass is 10.7. The van der Waals surface area contributed by atoms with Crippen LogP contribution in [0.5, 0.6) is 0 Å². The second kappa shape index (κ2) is 8.82. The number of nitrogens with zero attached hydrogens (tertiary/aromatic N) is 2. The van der Waals surface area contributed by atoms with Gasteiger partial charge in [-0.15, -0.1) is 0 Å². The molecular formula is C10H14I2N4O2. The van der Waals surface area contributed by atoms with Crippen LogP contribution in [0.3, 0.4) is 0 Å². The van der Waals surface area contributed by atoms with E-state index in [4.69, 9.17) is 9.47 Å². The third-order valence-corrected chi connectivity index (χ3v) is 4.38. The van der Waals surface area contributed by atoms with Gasteiger partial charge in [-0.25, -0.2) is 9.97 Å². The molecule has 0 aromatic carbocycles. The fourth-order valence-corrected chi connectivity index (χ4v) is 1.95. The van der Waals surface area contributed by atoms with Crippen molar-refractivity contribution in [2.24, 2.45) is 0 Å². The molecule has 0 aliphatic heterocycles. The molecule has 0 saturated heterocycles. The van der Waals surface area contributed by atoms with Crippen molar-refractivity contribution < 1.29 is 9.47 Å². The number of aromatic nitrogens is 4. The molecule has 0 unspecified atom stereocenters. The van der Waals surface area contributed by atoms with Crippen molar-refractivity contribution in [2.75, 3.05) is 14.2 Å². The monoisotopic (exact) mass is 476 g/mol. The zero-order chi connectivity index (χ0) is 13.4. The van der Waals surface area contributed by atoms with Gasteiger partial charge in [0.15, 0.2) is 0 Å². The van der Waals surface area contributed by atoms with Crippen molar-refractivity contribution >= 4 is 45.2 Å². The van der Waals surface area contributed by atoms with Gasteiger partial charge in [0.25, 0.3) is 0 Å². The Hall–Kier alpha value is -0.200. The van der Waals surface area contributed by atoms with Crippen LogP contribution in [-0.2, 0) is 22.7 Å². The first-order chi connectivity index (χ1) is 8.67. The van der Waals surface area contributed by atoms with Crippen LogP contribution in [0.15, 0.2) is 12.4 Å². The normalized spacial score (nSPS) is 10.0. The topological polar surface area (TPSA) is 75.8 Å². The summed E-state index contributed by atoms with van der Waals surface area (Å²) in [6, 6.07) is 0. The Morgan fingerprint density at radius 3 is 2.28 bits per heavy atom. The fraction of sp³-hybridized carbons (Fsp3) is 0.400. The number of rotatable bonds is 4. The minimum atomic E-state index is 0.555. The Kier molecular flexibility index (Phi) is 7.77. The molecule has 2 aromatic rings. The first kappa shape index (κ1) is 15.9. The third-order valence-electron chi connectivity index (χ3n) is 1.79. The maximum atomic E-state index is 4.90. The second-order valence-electron chi connectivity index (χ2n) is 3.19. The van der Waals surface area contributed by atoms with Crippen molar-refractivity contribution in [3.05, 3.63) is 31.4 Å². The van der Waals surface area contributed by atoms with E-state index in [0.717, 1.165) is 19.1 Å². The number of ether oxygens (including phenoxy) is 2. The number of H-pyrrole nitrogens is 2. The van der Waals surface area contributed by atoms with Crippen molar-refractivity contribution in [1.82, 2.24) is 19.9 Å². The molecule has 18 heavy (non-hydrogen) atoms. The largest absolute Gasteiger partial charge is 0.377 e. The summed E-state index contributed by atoms with van der Waals surface area (Å²) in [6.07, 6.45) is 3.47. The SMILES string of the molecule is COCc1nc(I)c(I)[nH]1.COCc1ncc[nH]1. The predicted octanol–water partition coefficient (Wildman–Crippen LogP) is 2.32. The highest BCUT2D eigenvalue weighted by Crippen LogP contribution is 2.11. The standard InChI is InChI=1S/C5H6I2N2O.C5H8N2O/c1-10-2-3-8-4(6)5(7)9-3;1-8-4-5-6-2-3-7-5/h2H2,1H3,(H,8,9);2-3H,4H2,1H3,(H,6,7). The molecular weight excluding hydrogens is 462 g/mol. The number of hydrogen-bond acceptors (Lipinski definition) is 4. The maximum absolute atomic E-state index is 4.90. The highest BCUT2D eigenvalue weighted by Gasteiger charge is 2.02. The molecule has 0 amide bonds. The summed E-state index contributed by atoms with van der Waals surface area (Å²) in [5.41, 5.74) is 0. The second-order valence-corrected chi connectivity index (χ2v) is 5.29. The number of nitrogens with one attached hydrogen (secondary N) is 2. The van der Waals surface area contributed by atoms with E-state index in [1.54, 1.807) is 26.6 Å². The van der Waals surface area contributed by atoms with Gasteiger partial charge in [-0.05, 0) is 45.2 Å². The van der Waals surface area contributed by atoms with Crippen LogP contribution >= 0.6 is 45.2 Å². The molecule has 2 aromatic heterocycles. The van der Waals surface area contributed by atoms with Crippen LogP contribution < -0.4 is 0 Å². The van der Waals surface area contributed by atoms with Gasteiger partial charge in [-0.1, -0.05) is 0 Å². The van der Waals surface area contributed by atoms with Crippen LogP contribution in [0.1, 0.15) is 11.6 Å². The average Bonchev–Trinajstić information content (AvgIpc) is 2.93. The zero-order valence-corrected chi connectivity index (χ0v) is 14.4. The van der Waals surface area contributed by atoms with Gasteiger partial charge in [0.1, 0.15) is 32.3 Å². The Morgan fingerprint density at radius 2 is 1.83 bits per heavy atom. The highest BCUT2D eigenvalue weighted by atomic mass is 127. The molecule has 0 atom stereocenters. The van der Waals surface area contributed by atoms with Crippen LogP contribution in [-0.4, -0.2) is 34.2 Å². The first-order valence-electron chi connectivity index (χ1n) is 5.03. The summed E-state index contributed by atoms with van der Waals surface area (Å²) in [6.45, 7) is 1.12. The quantitative estimate of drug-likeness (QED) is 0.665. The number of methoxy groups -OCH3 is 2. The lowest BCUT2D eigenvalue weighted by Crippen LogP contribution is -1.89. The van der Waals surface area contributed by atoms with Crippen LogP contribution in [0, 0.1) is 7.40 Å². The summed E-state index contributed by atoms with van der Waals surface area (Å²) in [7, 11) is 3.30. The fourth-order valence-electron chi connectivity index (χ4n) is 1.09. The average molecular weight is 476 g/mol. The molecule has 100 valence electrons. The van der Waals surface area contributed by atoms with E-state index in [2.05, 4.69) is 65.1 Å². The summed E-state index contributed by atoms with van der Waals surface area (Å²) >= 11 is 4.38. The summed E-state index contributed by atoms with van der Waals surface area (Å²) in [5, 5.41) is 0. The Morgan fingerprint density at radius 1 is 1.17 bits per heavy atom. The molecule has 0 radical (unpaired) electrons. The van der Waals surface area contributed by atoms with Crippen molar-refractivity contribution in [1.29, 1.82) is 0 Å². The van der Waals surface area contributed by atoms with Gasteiger partial charge < -0.3 is 19.4 Å². The highest BCUT2D eigenvalue weighted by molar-refractivity contribution is 14.1. The molecule has 0 bridgehead atoms. The minimum absolute atomic E-state index is 0.555. The predicted molar refractivity (Wildman–Crippen MR) is 84.0 cm³/mol. The molecule has 0 saturated carbocycles. The van der Waals surface area contributed by atoms with Crippen LogP contribution in [0.25, 0.3) is 0 Å². The maximum Gasteiger partial charge on any atom is 0.134 e. The van der Waals surface area contributed by atoms with Crippen LogP contribution in [0.2, 0.25) is 0 Å². The first-order valence-corrected chi connectivity index (χ1v) is 7.19. The van der Waals surface area contributed by atoms with E-state index >= 15 is 0 Å². The van der Waals surface area contributed by atoms with Crippen molar-refractivity contribution in [2.45, 2.75) is 13.2 Å². The number of aromatic amines is 2. The van der Waals surface area contributed by atoms with E-state index < -0.39 is 0 Å². The lowest BCUT2D eigenvalue weighted by Gasteiger charge is -1.89. The smallest absolute Gasteiger partial charge is 0.134 e. The van der Waals surface area contributed by atoms with E-state index in [9.17, 15) is 0 Å². The molecule has 0 aliphatic carbocycles. The third kappa shape index (κ3) is 5.63. The van der Waals surface area contributed by atoms with Gasteiger partial charge in [-0.2, -0.15) is 0 Å². The van der Waals surface area contributed by atoms with Crippen molar-refractivity contribution in [3.8, 4) is 0 Å². The molecule has 6 nitrogen and oxygen atoms in total. The van der Waals surface area contributed by atoms with Gasteiger partial charge in [0.2, 0.25) is 0 Å². The molecule has 2 heterocycles. The van der Waals surface area contributed by atoms with E-state index in [-0.39, 0.29) is 0 Å². The Balaban J connectivity index is 0.000000184.